The van der Waals surface area contributed by atoms with Crippen molar-refractivity contribution in [2.45, 2.75) is 20.0 Å². The van der Waals surface area contributed by atoms with Crippen molar-refractivity contribution in [3.63, 3.8) is 0 Å². The summed E-state index contributed by atoms with van der Waals surface area (Å²) in [5, 5.41) is 2.47. The molecule has 0 saturated heterocycles. The molecule has 0 bridgehead atoms. The number of hydrogen-bond donors (Lipinski definition) is 1. The quantitative estimate of drug-likeness (QED) is 0.897. The van der Waals surface area contributed by atoms with Crippen LogP contribution < -0.4 is 10.1 Å². The molecule has 3 nitrogen and oxygen atoms in total. The molecule has 0 aliphatic rings. The summed E-state index contributed by atoms with van der Waals surface area (Å²) in [6.07, 6.45) is -4.49. The van der Waals surface area contributed by atoms with Crippen LogP contribution >= 0.6 is 0 Å². The Morgan fingerprint density at radius 3 is 2.30 bits per heavy atom. The first-order chi connectivity index (χ1) is 10.7. The molecule has 0 aliphatic heterocycles. The van der Waals surface area contributed by atoms with Crippen LogP contribution in [0.5, 0.6) is 5.75 Å². The van der Waals surface area contributed by atoms with Gasteiger partial charge in [0.25, 0.3) is 5.91 Å². The van der Waals surface area contributed by atoms with Gasteiger partial charge in [0, 0.05) is 5.56 Å². The van der Waals surface area contributed by atoms with E-state index in [2.05, 4.69) is 5.32 Å². The van der Waals surface area contributed by atoms with E-state index in [9.17, 15) is 18.0 Å². The first kappa shape index (κ1) is 16.9. The third-order valence-electron chi connectivity index (χ3n) is 3.54. The van der Waals surface area contributed by atoms with Gasteiger partial charge < -0.3 is 10.1 Å². The summed E-state index contributed by atoms with van der Waals surface area (Å²) in [6.45, 7) is 3.77. The molecule has 0 fully saturated rings. The van der Waals surface area contributed by atoms with Crippen LogP contribution in [-0.4, -0.2) is 13.0 Å². The number of nitrogens with one attached hydrogen (secondary N) is 1. The molecule has 1 amide bonds. The molecule has 2 rings (SSSR count). The van der Waals surface area contributed by atoms with Gasteiger partial charge in [0.05, 0.1) is 18.4 Å². The van der Waals surface area contributed by atoms with E-state index in [0.717, 1.165) is 23.3 Å². The summed E-state index contributed by atoms with van der Waals surface area (Å²) in [7, 11) is 1.33. The second-order valence-corrected chi connectivity index (χ2v) is 5.17. The molecule has 2 aromatic rings. The lowest BCUT2D eigenvalue weighted by atomic mass is 10.1. The largest absolute Gasteiger partial charge is 0.495 e. The van der Waals surface area contributed by atoms with Gasteiger partial charge in [0.2, 0.25) is 0 Å². The molecular weight excluding hydrogens is 307 g/mol. The highest BCUT2D eigenvalue weighted by atomic mass is 19.4. The molecule has 6 heteroatoms. The van der Waals surface area contributed by atoms with Crippen molar-refractivity contribution in [2.24, 2.45) is 0 Å². The Bertz CT molecular complexity index is 739. The van der Waals surface area contributed by atoms with E-state index in [0.29, 0.717) is 5.56 Å². The van der Waals surface area contributed by atoms with Gasteiger partial charge in [0.1, 0.15) is 5.75 Å². The Morgan fingerprint density at radius 2 is 1.74 bits per heavy atom. The number of aryl methyl sites for hydroxylation is 2. The number of anilines is 1. The molecule has 0 aromatic heterocycles. The summed E-state index contributed by atoms with van der Waals surface area (Å²) in [6, 6.07) is 8.04. The third-order valence-corrected chi connectivity index (χ3v) is 3.54. The number of amides is 1. The summed E-state index contributed by atoms with van der Waals surface area (Å²) in [5.74, 6) is -0.332. The average molecular weight is 323 g/mol. The van der Waals surface area contributed by atoms with Crippen molar-refractivity contribution in [3.8, 4) is 5.75 Å². The van der Waals surface area contributed by atoms with E-state index >= 15 is 0 Å². The molecule has 0 aliphatic carbocycles. The third kappa shape index (κ3) is 3.83. The number of carbonyl (C=O) groups excluding carboxylic acids is 1. The SMILES string of the molecule is COc1ccc(C(F)(F)F)cc1NC(=O)c1ccc(C)c(C)c1. The lowest BCUT2D eigenvalue weighted by Gasteiger charge is -2.14. The number of carbonyl (C=O) groups is 1. The summed E-state index contributed by atoms with van der Waals surface area (Å²) in [5.41, 5.74) is 1.44. The fourth-order valence-corrected chi connectivity index (χ4v) is 2.06. The van der Waals surface area contributed by atoms with E-state index in [1.807, 2.05) is 13.8 Å². The Labute approximate surface area is 132 Å². The molecule has 1 N–H and O–H groups in total. The normalized spacial score (nSPS) is 11.2. The number of rotatable bonds is 3. The maximum absolute atomic E-state index is 12.8. The lowest BCUT2D eigenvalue weighted by molar-refractivity contribution is -0.137. The number of hydrogen-bond acceptors (Lipinski definition) is 2. The molecule has 0 atom stereocenters. The summed E-state index contributed by atoms with van der Waals surface area (Å²) < 4.78 is 43.4. The van der Waals surface area contributed by atoms with Crippen molar-refractivity contribution < 1.29 is 22.7 Å². The minimum absolute atomic E-state index is 0.0226. The van der Waals surface area contributed by atoms with Crippen LogP contribution in [0.3, 0.4) is 0 Å². The Kier molecular flexibility index (Phi) is 4.63. The molecule has 0 saturated carbocycles. The Morgan fingerprint density at radius 1 is 1.04 bits per heavy atom. The van der Waals surface area contributed by atoms with Gasteiger partial charge in [-0.3, -0.25) is 4.79 Å². The monoisotopic (exact) mass is 323 g/mol. The van der Waals surface area contributed by atoms with Crippen LogP contribution in [0.25, 0.3) is 0 Å². The number of benzene rings is 2. The van der Waals surface area contributed by atoms with Gasteiger partial charge in [-0.15, -0.1) is 0 Å². The molecule has 23 heavy (non-hydrogen) atoms. The van der Waals surface area contributed by atoms with Gasteiger partial charge >= 0.3 is 6.18 Å². The van der Waals surface area contributed by atoms with E-state index in [1.165, 1.54) is 13.2 Å². The second kappa shape index (κ2) is 6.32. The molecule has 0 heterocycles. The van der Waals surface area contributed by atoms with E-state index in [1.54, 1.807) is 18.2 Å². The van der Waals surface area contributed by atoms with E-state index in [-0.39, 0.29) is 11.4 Å². The fourth-order valence-electron chi connectivity index (χ4n) is 2.06. The summed E-state index contributed by atoms with van der Waals surface area (Å²) >= 11 is 0. The van der Waals surface area contributed by atoms with Crippen molar-refractivity contribution in [2.75, 3.05) is 12.4 Å². The number of methoxy groups -OCH3 is 1. The minimum atomic E-state index is -4.49. The highest BCUT2D eigenvalue weighted by Gasteiger charge is 2.31. The van der Waals surface area contributed by atoms with Crippen molar-refractivity contribution >= 4 is 11.6 Å². The van der Waals surface area contributed by atoms with Gasteiger partial charge in [0.15, 0.2) is 0 Å². The van der Waals surface area contributed by atoms with Crippen LogP contribution in [-0.2, 0) is 6.18 Å². The zero-order valence-electron chi connectivity index (χ0n) is 12.9. The average Bonchev–Trinajstić information content (AvgIpc) is 2.49. The van der Waals surface area contributed by atoms with Gasteiger partial charge in [-0.1, -0.05) is 6.07 Å². The smallest absolute Gasteiger partial charge is 0.416 e. The van der Waals surface area contributed by atoms with Crippen molar-refractivity contribution in [1.29, 1.82) is 0 Å². The van der Waals surface area contributed by atoms with Crippen molar-refractivity contribution in [1.82, 2.24) is 0 Å². The summed E-state index contributed by atoms with van der Waals surface area (Å²) in [4.78, 5) is 12.3. The first-order valence-electron chi connectivity index (χ1n) is 6.86. The zero-order valence-corrected chi connectivity index (χ0v) is 12.9. The standard InChI is InChI=1S/C17H16F3NO2/c1-10-4-5-12(8-11(10)2)16(22)21-14-9-13(17(18,19)20)6-7-15(14)23-3/h4-9H,1-3H3,(H,21,22). The van der Waals surface area contributed by atoms with E-state index < -0.39 is 17.6 Å². The van der Waals surface area contributed by atoms with Crippen LogP contribution in [0.15, 0.2) is 36.4 Å². The molecule has 0 spiro atoms. The zero-order chi connectivity index (χ0) is 17.2. The Hall–Kier alpha value is -2.50. The molecule has 0 unspecified atom stereocenters. The maximum Gasteiger partial charge on any atom is 0.416 e. The van der Waals surface area contributed by atoms with Crippen LogP contribution in [0, 0.1) is 13.8 Å². The fraction of sp³-hybridized carbons (Fsp3) is 0.235. The highest BCUT2D eigenvalue weighted by molar-refractivity contribution is 6.05. The lowest BCUT2D eigenvalue weighted by Crippen LogP contribution is -2.14. The van der Waals surface area contributed by atoms with Gasteiger partial charge in [-0.2, -0.15) is 13.2 Å². The van der Waals surface area contributed by atoms with E-state index in [4.69, 9.17) is 4.74 Å². The van der Waals surface area contributed by atoms with Crippen LogP contribution in [0.1, 0.15) is 27.0 Å². The Balaban J connectivity index is 2.34. The van der Waals surface area contributed by atoms with Crippen LogP contribution in [0.2, 0.25) is 0 Å². The molecule has 122 valence electrons. The predicted molar refractivity (Wildman–Crippen MR) is 81.9 cm³/mol. The van der Waals surface area contributed by atoms with Crippen LogP contribution in [0.4, 0.5) is 18.9 Å². The predicted octanol–water partition coefficient (Wildman–Crippen LogP) is 4.58. The van der Waals surface area contributed by atoms with Gasteiger partial charge in [-0.05, 0) is 55.3 Å². The molecule has 2 aromatic carbocycles. The maximum atomic E-state index is 12.8. The molecule has 0 radical (unpaired) electrons. The minimum Gasteiger partial charge on any atom is -0.495 e. The number of alkyl halides is 3. The van der Waals surface area contributed by atoms with Crippen molar-refractivity contribution in [3.05, 3.63) is 58.7 Å². The highest BCUT2D eigenvalue weighted by Crippen LogP contribution is 2.35. The number of halogens is 3. The topological polar surface area (TPSA) is 38.3 Å². The van der Waals surface area contributed by atoms with Gasteiger partial charge in [-0.25, -0.2) is 0 Å². The first-order valence-corrected chi connectivity index (χ1v) is 6.86. The molecular formula is C17H16F3NO2. The second-order valence-electron chi connectivity index (χ2n) is 5.17. The number of ether oxygens (including phenoxy) is 1.